The molecule has 3 nitrogen and oxygen atoms in total. The van der Waals surface area contributed by atoms with Gasteiger partial charge >= 0.3 is 5.97 Å². The number of ether oxygens (including phenoxy) is 1. The van der Waals surface area contributed by atoms with Crippen molar-refractivity contribution in [3.63, 3.8) is 0 Å². The van der Waals surface area contributed by atoms with Gasteiger partial charge in [-0.05, 0) is 36.1 Å². The molecule has 0 saturated carbocycles. The molecule has 2 aromatic carbocycles. The molecule has 0 aliphatic carbocycles. The van der Waals surface area contributed by atoms with E-state index in [2.05, 4.69) is 24.0 Å². The van der Waals surface area contributed by atoms with E-state index in [9.17, 15) is 4.79 Å². The molecular weight excluding hydrogens is 274 g/mol. The molecule has 1 aliphatic heterocycles. The molecule has 0 atom stereocenters. The fourth-order valence-electron chi connectivity index (χ4n) is 2.40. The number of carbonyl (C=O) groups is 1. The minimum atomic E-state index is -0.372. The van der Waals surface area contributed by atoms with Crippen molar-refractivity contribution in [2.45, 2.75) is 19.8 Å². The summed E-state index contributed by atoms with van der Waals surface area (Å²) in [5.41, 5.74) is 3.80. The summed E-state index contributed by atoms with van der Waals surface area (Å²) in [5, 5.41) is 0. The normalized spacial score (nSPS) is 15.8. The first-order chi connectivity index (χ1) is 10.7. The Balaban J connectivity index is 1.71. The maximum Gasteiger partial charge on any atom is 0.363 e. The van der Waals surface area contributed by atoms with Crippen molar-refractivity contribution < 1.29 is 9.53 Å². The molecule has 0 saturated heterocycles. The van der Waals surface area contributed by atoms with Crippen LogP contribution < -0.4 is 0 Å². The van der Waals surface area contributed by atoms with Crippen molar-refractivity contribution in [3.05, 3.63) is 77.0 Å². The summed E-state index contributed by atoms with van der Waals surface area (Å²) in [6.45, 7) is 2.08. The maximum atomic E-state index is 11.9. The van der Waals surface area contributed by atoms with Crippen LogP contribution in [0.2, 0.25) is 0 Å². The summed E-state index contributed by atoms with van der Waals surface area (Å²) >= 11 is 0. The van der Waals surface area contributed by atoms with Crippen molar-refractivity contribution in [2.24, 2.45) is 4.99 Å². The molecule has 0 fully saturated rings. The van der Waals surface area contributed by atoms with Crippen LogP contribution in [-0.2, 0) is 16.0 Å². The Morgan fingerprint density at radius 3 is 2.50 bits per heavy atom. The molecule has 0 unspecified atom stereocenters. The number of aryl methyl sites for hydroxylation is 2. The molecule has 22 heavy (non-hydrogen) atoms. The Morgan fingerprint density at radius 1 is 1.00 bits per heavy atom. The van der Waals surface area contributed by atoms with Crippen LogP contribution in [0.3, 0.4) is 0 Å². The SMILES string of the molecule is Cc1ccccc1CCC1=N/C(=C/c2ccccc2)C(=O)O1. The predicted molar refractivity (Wildman–Crippen MR) is 87.4 cm³/mol. The molecule has 0 radical (unpaired) electrons. The summed E-state index contributed by atoms with van der Waals surface area (Å²) in [6.07, 6.45) is 3.20. The molecule has 110 valence electrons. The van der Waals surface area contributed by atoms with E-state index in [0.29, 0.717) is 18.0 Å². The van der Waals surface area contributed by atoms with E-state index in [4.69, 9.17) is 4.74 Å². The van der Waals surface area contributed by atoms with E-state index in [1.807, 2.05) is 42.5 Å². The number of benzene rings is 2. The summed E-state index contributed by atoms with van der Waals surface area (Å²) in [6, 6.07) is 17.9. The van der Waals surface area contributed by atoms with Crippen LogP contribution in [0.5, 0.6) is 0 Å². The number of rotatable bonds is 4. The second kappa shape index (κ2) is 6.39. The van der Waals surface area contributed by atoms with Crippen molar-refractivity contribution in [3.8, 4) is 0 Å². The van der Waals surface area contributed by atoms with Gasteiger partial charge in [0.2, 0.25) is 0 Å². The standard InChI is InChI=1S/C19H17NO2/c1-14-7-5-6-10-16(14)11-12-18-20-17(19(21)22-18)13-15-8-3-2-4-9-15/h2-10,13H,11-12H2,1H3/b17-13+. The van der Waals surface area contributed by atoms with Crippen molar-refractivity contribution >= 4 is 17.9 Å². The summed E-state index contributed by atoms with van der Waals surface area (Å²) in [7, 11) is 0. The monoisotopic (exact) mass is 291 g/mol. The number of nitrogens with zero attached hydrogens (tertiary/aromatic N) is 1. The lowest BCUT2D eigenvalue weighted by Crippen LogP contribution is -2.05. The molecular formula is C19H17NO2. The predicted octanol–water partition coefficient (Wildman–Crippen LogP) is 3.92. The topological polar surface area (TPSA) is 38.7 Å². The van der Waals surface area contributed by atoms with E-state index in [0.717, 1.165) is 12.0 Å². The van der Waals surface area contributed by atoms with Gasteiger partial charge in [-0.15, -0.1) is 0 Å². The fourth-order valence-corrected chi connectivity index (χ4v) is 2.40. The number of carbonyl (C=O) groups excluding carboxylic acids is 1. The Bertz CT molecular complexity index is 745. The van der Waals surface area contributed by atoms with Gasteiger partial charge in [0, 0.05) is 6.42 Å². The maximum absolute atomic E-state index is 11.9. The molecule has 0 amide bonds. The van der Waals surface area contributed by atoms with E-state index in [1.165, 1.54) is 11.1 Å². The summed E-state index contributed by atoms with van der Waals surface area (Å²) in [4.78, 5) is 16.2. The zero-order valence-corrected chi connectivity index (χ0v) is 12.5. The average molecular weight is 291 g/mol. The van der Waals surface area contributed by atoms with Gasteiger partial charge in [0.05, 0.1) is 0 Å². The zero-order valence-electron chi connectivity index (χ0n) is 12.5. The first-order valence-corrected chi connectivity index (χ1v) is 7.33. The lowest BCUT2D eigenvalue weighted by atomic mass is 10.0. The lowest BCUT2D eigenvalue weighted by molar-refractivity contribution is -0.130. The van der Waals surface area contributed by atoms with E-state index >= 15 is 0 Å². The minimum absolute atomic E-state index is 0.367. The lowest BCUT2D eigenvalue weighted by Gasteiger charge is -2.04. The van der Waals surface area contributed by atoms with Crippen LogP contribution >= 0.6 is 0 Å². The molecule has 0 spiro atoms. The first-order valence-electron chi connectivity index (χ1n) is 7.33. The van der Waals surface area contributed by atoms with Crippen molar-refractivity contribution in [1.29, 1.82) is 0 Å². The Labute approximate surface area is 130 Å². The van der Waals surface area contributed by atoms with Crippen molar-refractivity contribution in [2.75, 3.05) is 0 Å². The molecule has 0 bridgehead atoms. The molecule has 0 N–H and O–H groups in total. The quantitative estimate of drug-likeness (QED) is 0.632. The van der Waals surface area contributed by atoms with Gasteiger partial charge in [-0.25, -0.2) is 9.79 Å². The van der Waals surface area contributed by atoms with E-state index in [-0.39, 0.29) is 5.97 Å². The molecule has 1 aliphatic rings. The second-order valence-electron chi connectivity index (χ2n) is 5.26. The molecule has 1 heterocycles. The smallest absolute Gasteiger partial charge is 0.363 e. The molecule has 0 aromatic heterocycles. The number of esters is 1. The van der Waals surface area contributed by atoms with Crippen molar-refractivity contribution in [1.82, 2.24) is 0 Å². The van der Waals surface area contributed by atoms with Crippen LogP contribution in [0.4, 0.5) is 0 Å². The number of cyclic esters (lactones) is 1. The van der Waals surface area contributed by atoms with E-state index < -0.39 is 0 Å². The average Bonchev–Trinajstić information content (AvgIpc) is 2.88. The van der Waals surface area contributed by atoms with Gasteiger partial charge in [-0.2, -0.15) is 0 Å². The second-order valence-corrected chi connectivity index (χ2v) is 5.26. The Kier molecular flexibility index (Phi) is 4.15. The molecule has 3 heteroatoms. The Morgan fingerprint density at radius 2 is 1.73 bits per heavy atom. The highest BCUT2D eigenvalue weighted by Crippen LogP contribution is 2.18. The van der Waals surface area contributed by atoms with Gasteiger partial charge in [-0.1, -0.05) is 54.6 Å². The summed E-state index contributed by atoms with van der Waals surface area (Å²) < 4.78 is 5.25. The van der Waals surface area contributed by atoms with Gasteiger partial charge in [-0.3, -0.25) is 0 Å². The number of aliphatic imine (C=N–C) groups is 1. The third kappa shape index (κ3) is 3.31. The van der Waals surface area contributed by atoms with Gasteiger partial charge < -0.3 is 4.74 Å². The van der Waals surface area contributed by atoms with E-state index in [1.54, 1.807) is 6.08 Å². The molecule has 3 rings (SSSR count). The Hall–Kier alpha value is -2.68. The van der Waals surface area contributed by atoms with Crippen LogP contribution in [0.25, 0.3) is 6.08 Å². The highest BCUT2D eigenvalue weighted by atomic mass is 16.6. The largest absolute Gasteiger partial charge is 0.407 e. The van der Waals surface area contributed by atoms with Crippen LogP contribution in [0, 0.1) is 6.92 Å². The van der Waals surface area contributed by atoms with Gasteiger partial charge in [0.1, 0.15) is 0 Å². The third-order valence-electron chi connectivity index (χ3n) is 3.64. The highest BCUT2D eigenvalue weighted by molar-refractivity contribution is 6.07. The van der Waals surface area contributed by atoms with Gasteiger partial charge in [0.15, 0.2) is 11.6 Å². The van der Waals surface area contributed by atoms with Gasteiger partial charge in [0.25, 0.3) is 0 Å². The third-order valence-corrected chi connectivity index (χ3v) is 3.64. The minimum Gasteiger partial charge on any atom is -0.407 e. The van der Waals surface area contributed by atoms with Crippen LogP contribution in [-0.4, -0.2) is 11.9 Å². The number of hydrogen-bond acceptors (Lipinski definition) is 3. The molecule has 2 aromatic rings. The highest BCUT2D eigenvalue weighted by Gasteiger charge is 2.22. The van der Waals surface area contributed by atoms with Crippen LogP contribution in [0.15, 0.2) is 65.3 Å². The summed E-state index contributed by atoms with van der Waals surface area (Å²) in [5.74, 6) is 0.124. The van der Waals surface area contributed by atoms with Crippen LogP contribution in [0.1, 0.15) is 23.1 Å². The fraction of sp³-hybridized carbons (Fsp3) is 0.158. The first kappa shape index (κ1) is 14.3. The number of hydrogen-bond donors (Lipinski definition) is 0. The zero-order chi connectivity index (χ0) is 15.4.